The molecule has 2 fully saturated rings. The van der Waals surface area contributed by atoms with Crippen molar-refractivity contribution in [2.75, 3.05) is 0 Å². The number of carbonyl (C=O) groups excluding carboxylic acids is 1. The van der Waals surface area contributed by atoms with E-state index in [0.29, 0.717) is 18.0 Å². The molecular weight excluding hydrogens is 280 g/mol. The smallest absolute Gasteiger partial charge is 0.335 e. The first-order valence-electron chi connectivity index (χ1n) is 7.93. The van der Waals surface area contributed by atoms with Gasteiger partial charge in [-0.3, -0.25) is 0 Å². The molecule has 118 valence electrons. The first-order valence-corrected chi connectivity index (χ1v) is 7.93. The largest absolute Gasteiger partial charge is 0.478 e. The maximum Gasteiger partial charge on any atom is 0.335 e. The molecule has 0 bridgehead atoms. The van der Waals surface area contributed by atoms with Gasteiger partial charge in [-0.2, -0.15) is 0 Å². The fourth-order valence-corrected chi connectivity index (χ4v) is 3.24. The summed E-state index contributed by atoms with van der Waals surface area (Å²) >= 11 is 0. The molecule has 0 saturated heterocycles. The molecule has 1 spiro atoms. The van der Waals surface area contributed by atoms with Gasteiger partial charge in [0.2, 0.25) is 0 Å². The van der Waals surface area contributed by atoms with Crippen molar-refractivity contribution in [3.8, 4) is 0 Å². The zero-order chi connectivity index (χ0) is 15.6. The van der Waals surface area contributed by atoms with Crippen LogP contribution in [0, 0.1) is 5.41 Å². The van der Waals surface area contributed by atoms with Crippen molar-refractivity contribution in [3.63, 3.8) is 0 Å². The number of carboxylic acids is 1. The van der Waals surface area contributed by atoms with Crippen LogP contribution in [-0.2, 0) is 6.54 Å². The molecule has 0 aromatic heterocycles. The number of benzene rings is 1. The van der Waals surface area contributed by atoms with E-state index < -0.39 is 5.97 Å². The van der Waals surface area contributed by atoms with Gasteiger partial charge in [0.15, 0.2) is 0 Å². The van der Waals surface area contributed by atoms with E-state index in [1.54, 1.807) is 24.3 Å². The molecule has 0 unspecified atom stereocenters. The second-order valence-corrected chi connectivity index (χ2v) is 6.60. The number of hydrogen-bond donors (Lipinski definition) is 3. The number of amides is 2. The van der Waals surface area contributed by atoms with Crippen LogP contribution in [0.25, 0.3) is 0 Å². The molecular formula is C17H22N2O3. The summed E-state index contributed by atoms with van der Waals surface area (Å²) in [6.45, 7) is 0.405. The van der Waals surface area contributed by atoms with E-state index in [-0.39, 0.29) is 11.6 Å². The van der Waals surface area contributed by atoms with Gasteiger partial charge in [-0.25, -0.2) is 9.59 Å². The van der Waals surface area contributed by atoms with Gasteiger partial charge in [-0.1, -0.05) is 12.1 Å². The van der Waals surface area contributed by atoms with Crippen LogP contribution in [0.5, 0.6) is 0 Å². The fourth-order valence-electron chi connectivity index (χ4n) is 3.24. The third-order valence-electron chi connectivity index (χ3n) is 4.99. The van der Waals surface area contributed by atoms with Crippen LogP contribution in [-0.4, -0.2) is 23.1 Å². The Morgan fingerprint density at radius 2 is 1.73 bits per heavy atom. The molecule has 0 radical (unpaired) electrons. The minimum atomic E-state index is -0.942. The van der Waals surface area contributed by atoms with Crippen molar-refractivity contribution in [2.45, 2.75) is 51.1 Å². The van der Waals surface area contributed by atoms with Crippen molar-refractivity contribution in [1.82, 2.24) is 10.6 Å². The maximum atomic E-state index is 11.9. The number of rotatable bonds is 4. The first kappa shape index (κ1) is 14.9. The molecule has 0 heterocycles. The average Bonchev–Trinajstić information content (AvgIpc) is 3.28. The van der Waals surface area contributed by atoms with Gasteiger partial charge in [-0.05, 0) is 61.6 Å². The second-order valence-electron chi connectivity index (χ2n) is 6.60. The van der Waals surface area contributed by atoms with Crippen molar-refractivity contribution in [2.24, 2.45) is 5.41 Å². The molecule has 2 saturated carbocycles. The van der Waals surface area contributed by atoms with E-state index >= 15 is 0 Å². The van der Waals surface area contributed by atoms with Gasteiger partial charge in [0.1, 0.15) is 0 Å². The molecule has 2 aliphatic carbocycles. The summed E-state index contributed by atoms with van der Waals surface area (Å²) in [5.74, 6) is -0.942. The highest BCUT2D eigenvalue weighted by atomic mass is 16.4. The lowest BCUT2D eigenvalue weighted by Crippen LogP contribution is -2.43. The lowest BCUT2D eigenvalue weighted by molar-refractivity contribution is 0.0697. The highest BCUT2D eigenvalue weighted by Crippen LogP contribution is 2.56. The highest BCUT2D eigenvalue weighted by Gasteiger charge is 2.44. The highest BCUT2D eigenvalue weighted by molar-refractivity contribution is 5.87. The molecule has 3 N–H and O–H groups in total. The third kappa shape index (κ3) is 3.59. The number of urea groups is 1. The second kappa shape index (κ2) is 5.99. The molecule has 5 heteroatoms. The number of hydrogen-bond acceptors (Lipinski definition) is 2. The topological polar surface area (TPSA) is 78.4 Å². The van der Waals surface area contributed by atoms with Gasteiger partial charge in [-0.15, -0.1) is 0 Å². The van der Waals surface area contributed by atoms with E-state index in [2.05, 4.69) is 10.6 Å². The quantitative estimate of drug-likeness (QED) is 0.800. The Labute approximate surface area is 130 Å². The van der Waals surface area contributed by atoms with E-state index in [1.165, 1.54) is 25.7 Å². The predicted molar refractivity (Wildman–Crippen MR) is 82.7 cm³/mol. The van der Waals surface area contributed by atoms with Crippen LogP contribution >= 0.6 is 0 Å². The number of nitrogens with one attached hydrogen (secondary N) is 2. The Bertz CT molecular complexity index is 554. The standard InChI is InChI=1S/C17H22N2O3/c20-15(21)13-3-1-12(2-4-13)11-18-16(22)19-14-5-7-17(8-6-14)9-10-17/h1-4,14H,5-11H2,(H,20,21)(H2,18,19,22). The van der Waals surface area contributed by atoms with E-state index in [4.69, 9.17) is 5.11 Å². The minimum Gasteiger partial charge on any atom is -0.478 e. The summed E-state index contributed by atoms with van der Waals surface area (Å²) in [5, 5.41) is 14.7. The van der Waals surface area contributed by atoms with E-state index in [0.717, 1.165) is 18.4 Å². The van der Waals surface area contributed by atoms with Gasteiger partial charge in [0, 0.05) is 12.6 Å². The number of aromatic carboxylic acids is 1. The molecule has 2 amide bonds. The van der Waals surface area contributed by atoms with Crippen molar-refractivity contribution in [3.05, 3.63) is 35.4 Å². The summed E-state index contributed by atoms with van der Waals surface area (Å²) < 4.78 is 0. The third-order valence-corrected chi connectivity index (χ3v) is 4.99. The Kier molecular flexibility index (Phi) is 4.05. The zero-order valence-corrected chi connectivity index (χ0v) is 12.6. The van der Waals surface area contributed by atoms with Crippen LogP contribution < -0.4 is 10.6 Å². The summed E-state index contributed by atoms with van der Waals surface area (Å²) in [6, 6.07) is 6.70. The molecule has 3 rings (SSSR count). The minimum absolute atomic E-state index is 0.140. The van der Waals surface area contributed by atoms with E-state index in [9.17, 15) is 9.59 Å². The lowest BCUT2D eigenvalue weighted by atomic mass is 9.83. The van der Waals surface area contributed by atoms with Gasteiger partial charge in [0.05, 0.1) is 5.56 Å². The molecule has 0 atom stereocenters. The number of carbonyl (C=O) groups is 2. The maximum absolute atomic E-state index is 11.9. The monoisotopic (exact) mass is 302 g/mol. The summed E-state index contributed by atoms with van der Waals surface area (Å²) in [5.41, 5.74) is 1.78. The van der Waals surface area contributed by atoms with E-state index in [1.807, 2.05) is 0 Å². The molecule has 1 aromatic carbocycles. The van der Waals surface area contributed by atoms with Crippen molar-refractivity contribution < 1.29 is 14.7 Å². The summed E-state index contributed by atoms with van der Waals surface area (Å²) in [7, 11) is 0. The van der Waals surface area contributed by atoms with Crippen LogP contribution in [0.4, 0.5) is 4.79 Å². The predicted octanol–water partition coefficient (Wildman–Crippen LogP) is 2.91. The van der Waals surface area contributed by atoms with Crippen LogP contribution in [0.2, 0.25) is 0 Å². The zero-order valence-electron chi connectivity index (χ0n) is 12.6. The van der Waals surface area contributed by atoms with Gasteiger partial charge >= 0.3 is 12.0 Å². The summed E-state index contributed by atoms with van der Waals surface area (Å²) in [4.78, 5) is 22.7. The normalized spacial score (nSPS) is 19.6. The first-order chi connectivity index (χ1) is 10.6. The number of carboxylic acid groups (broad SMARTS) is 1. The van der Waals surface area contributed by atoms with Crippen LogP contribution in [0.1, 0.15) is 54.4 Å². The molecule has 1 aromatic rings. The summed E-state index contributed by atoms with van der Waals surface area (Å²) in [6.07, 6.45) is 7.40. The molecule has 5 nitrogen and oxygen atoms in total. The lowest BCUT2D eigenvalue weighted by Gasteiger charge is -2.29. The van der Waals surface area contributed by atoms with Crippen molar-refractivity contribution >= 4 is 12.0 Å². The molecule has 2 aliphatic rings. The fraction of sp³-hybridized carbons (Fsp3) is 0.529. The Balaban J connectivity index is 1.41. The van der Waals surface area contributed by atoms with Gasteiger partial charge in [0.25, 0.3) is 0 Å². The van der Waals surface area contributed by atoms with Crippen LogP contribution in [0.15, 0.2) is 24.3 Å². The average molecular weight is 302 g/mol. The Morgan fingerprint density at radius 1 is 1.09 bits per heavy atom. The SMILES string of the molecule is O=C(NCc1ccc(C(=O)O)cc1)NC1CCC2(CC1)CC2. The Hall–Kier alpha value is -2.04. The van der Waals surface area contributed by atoms with Crippen molar-refractivity contribution in [1.29, 1.82) is 0 Å². The van der Waals surface area contributed by atoms with Crippen LogP contribution in [0.3, 0.4) is 0 Å². The van der Waals surface area contributed by atoms with Gasteiger partial charge < -0.3 is 15.7 Å². The Morgan fingerprint density at radius 3 is 2.27 bits per heavy atom. The molecule has 0 aliphatic heterocycles. The molecule has 22 heavy (non-hydrogen) atoms.